The van der Waals surface area contributed by atoms with E-state index in [9.17, 15) is 45.6 Å². The maximum Gasteiger partial charge on any atom is 0.220 e. The Balaban J connectivity index is 1.69. The number of aliphatic hydroxyl groups excluding tert-OH is 8. The zero-order chi connectivity index (χ0) is 60.9. The standard InChI is InChI=1S/C70H125NO13/c1-3-5-7-9-11-13-15-17-19-21-23-25-26-27-28-29-30-31-32-34-36-38-40-42-44-46-48-50-52-54-62(75)71-58(59(74)53-51-49-47-45-43-41-39-37-35-33-24-22-20-18-16-14-12-10-8-6-4-2)57-81-69-67(80)65(78)68(61(56-73)83-69)84-70-66(79)64(77)63(76)60(55-72)82-70/h5,7,11,13,17,19,23,25,27-28,51,53,58-61,63-70,72-74,76-80H,3-4,6,8-10,12,14-16,18,20-22,24,26,29-50,52,54-57H2,1-2H3,(H,71,75)/b7-5-,13-11-,19-17-,25-23-,28-27-,53-51+. The minimum absolute atomic E-state index is 0.240. The van der Waals surface area contributed by atoms with E-state index in [4.69, 9.17) is 18.9 Å². The summed E-state index contributed by atoms with van der Waals surface area (Å²) >= 11 is 0. The highest BCUT2D eigenvalue weighted by Gasteiger charge is 2.51. The molecule has 0 bridgehead atoms. The van der Waals surface area contributed by atoms with Gasteiger partial charge >= 0.3 is 0 Å². The Morgan fingerprint density at radius 3 is 1.26 bits per heavy atom. The van der Waals surface area contributed by atoms with E-state index in [0.29, 0.717) is 6.42 Å². The second kappa shape index (κ2) is 54.6. The van der Waals surface area contributed by atoms with Gasteiger partial charge in [-0.3, -0.25) is 4.79 Å². The van der Waals surface area contributed by atoms with Crippen LogP contribution >= 0.6 is 0 Å². The van der Waals surface area contributed by atoms with Crippen molar-refractivity contribution in [3.63, 3.8) is 0 Å². The van der Waals surface area contributed by atoms with Crippen molar-refractivity contribution in [2.45, 2.75) is 344 Å². The highest BCUT2D eigenvalue weighted by Crippen LogP contribution is 2.30. The van der Waals surface area contributed by atoms with E-state index < -0.39 is 86.8 Å². The maximum absolute atomic E-state index is 13.3. The fourth-order valence-electron chi connectivity index (χ4n) is 11.0. The van der Waals surface area contributed by atoms with Gasteiger partial charge in [0.1, 0.15) is 48.8 Å². The van der Waals surface area contributed by atoms with E-state index in [1.807, 2.05) is 6.08 Å². The van der Waals surface area contributed by atoms with Crippen molar-refractivity contribution in [3.8, 4) is 0 Å². The Morgan fingerprint density at radius 1 is 0.440 bits per heavy atom. The van der Waals surface area contributed by atoms with Gasteiger partial charge in [-0.1, -0.05) is 273 Å². The molecule has 0 aromatic heterocycles. The average Bonchev–Trinajstić information content (AvgIpc) is 3.24. The first-order chi connectivity index (χ1) is 41.1. The molecule has 0 spiro atoms. The minimum atomic E-state index is -1.79. The Hall–Kier alpha value is -2.57. The molecule has 9 N–H and O–H groups in total. The quantitative estimate of drug-likeness (QED) is 0.0204. The van der Waals surface area contributed by atoms with Crippen molar-refractivity contribution in [1.29, 1.82) is 0 Å². The molecule has 2 saturated heterocycles. The molecular weight excluding hydrogens is 1060 g/mol. The second-order valence-electron chi connectivity index (χ2n) is 23.9. The Bertz CT molecular complexity index is 1690. The normalized spacial score (nSPS) is 24.1. The van der Waals surface area contributed by atoms with Crippen LogP contribution in [0.5, 0.6) is 0 Å². The van der Waals surface area contributed by atoms with Gasteiger partial charge in [-0.2, -0.15) is 0 Å². The van der Waals surface area contributed by atoms with E-state index in [1.165, 1.54) is 167 Å². The second-order valence-corrected chi connectivity index (χ2v) is 23.9. The van der Waals surface area contributed by atoms with Crippen LogP contribution in [-0.2, 0) is 23.7 Å². The van der Waals surface area contributed by atoms with E-state index in [2.05, 4.69) is 79.9 Å². The number of hydrogen-bond donors (Lipinski definition) is 9. The molecule has 2 rings (SSSR count). The monoisotopic (exact) mass is 1190 g/mol. The lowest BCUT2D eigenvalue weighted by Crippen LogP contribution is -2.65. The van der Waals surface area contributed by atoms with Crippen LogP contribution in [0.4, 0.5) is 0 Å². The fraction of sp³-hybridized carbons (Fsp3) is 0.814. The van der Waals surface area contributed by atoms with Crippen LogP contribution in [0.3, 0.4) is 0 Å². The van der Waals surface area contributed by atoms with Crippen LogP contribution in [0.25, 0.3) is 0 Å². The summed E-state index contributed by atoms with van der Waals surface area (Å²) in [6, 6.07) is -0.919. The van der Waals surface area contributed by atoms with Gasteiger partial charge in [0.05, 0.1) is 32.0 Å². The molecule has 14 heteroatoms. The summed E-state index contributed by atoms with van der Waals surface area (Å²) in [5.41, 5.74) is 0. The molecule has 0 aliphatic carbocycles. The molecule has 1 amide bonds. The highest BCUT2D eigenvalue weighted by molar-refractivity contribution is 5.76. The average molecular weight is 1190 g/mol. The minimum Gasteiger partial charge on any atom is -0.394 e. The van der Waals surface area contributed by atoms with Gasteiger partial charge in [0.25, 0.3) is 0 Å². The predicted molar refractivity (Wildman–Crippen MR) is 341 cm³/mol. The van der Waals surface area contributed by atoms with Crippen LogP contribution in [-0.4, -0.2) is 140 Å². The largest absolute Gasteiger partial charge is 0.394 e. The summed E-state index contributed by atoms with van der Waals surface area (Å²) in [7, 11) is 0. The molecule has 14 nitrogen and oxygen atoms in total. The van der Waals surface area contributed by atoms with Crippen molar-refractivity contribution in [3.05, 3.63) is 72.9 Å². The van der Waals surface area contributed by atoms with Crippen molar-refractivity contribution >= 4 is 5.91 Å². The number of allylic oxidation sites excluding steroid dienone is 11. The lowest BCUT2D eigenvalue weighted by atomic mass is 9.97. The van der Waals surface area contributed by atoms with E-state index in [-0.39, 0.29) is 18.9 Å². The van der Waals surface area contributed by atoms with E-state index in [0.717, 1.165) is 77.0 Å². The number of nitrogens with one attached hydrogen (secondary N) is 1. The van der Waals surface area contributed by atoms with Crippen LogP contribution < -0.4 is 5.32 Å². The van der Waals surface area contributed by atoms with Crippen molar-refractivity contribution in [2.24, 2.45) is 0 Å². The predicted octanol–water partition coefficient (Wildman–Crippen LogP) is 13.5. The van der Waals surface area contributed by atoms with Crippen LogP contribution in [0, 0.1) is 0 Å². The molecule has 0 aromatic carbocycles. The summed E-state index contributed by atoms with van der Waals surface area (Å²) in [5, 5.41) is 87.4. The number of amides is 1. The first kappa shape index (κ1) is 77.5. The summed E-state index contributed by atoms with van der Waals surface area (Å²) in [6.45, 7) is 2.71. The molecule has 0 aromatic rings. The number of aliphatic hydroxyl groups is 8. The summed E-state index contributed by atoms with van der Waals surface area (Å²) in [4.78, 5) is 13.3. The lowest BCUT2D eigenvalue weighted by molar-refractivity contribution is -0.359. The van der Waals surface area contributed by atoms with Crippen molar-refractivity contribution < 1.29 is 64.6 Å². The fourth-order valence-corrected chi connectivity index (χ4v) is 11.0. The van der Waals surface area contributed by atoms with Gasteiger partial charge in [-0.15, -0.1) is 0 Å². The number of carbonyl (C=O) groups excluding carboxylic acids is 1. The third kappa shape index (κ3) is 38.7. The molecule has 2 fully saturated rings. The van der Waals surface area contributed by atoms with Crippen LogP contribution in [0.1, 0.15) is 271 Å². The van der Waals surface area contributed by atoms with Crippen molar-refractivity contribution in [2.75, 3.05) is 19.8 Å². The van der Waals surface area contributed by atoms with Crippen LogP contribution in [0.15, 0.2) is 72.9 Å². The summed E-state index contributed by atoms with van der Waals surface area (Å²) < 4.78 is 22.8. The number of carbonyl (C=O) groups is 1. The summed E-state index contributed by atoms with van der Waals surface area (Å²) in [5.74, 6) is -0.240. The smallest absolute Gasteiger partial charge is 0.220 e. The number of rotatable bonds is 55. The van der Waals surface area contributed by atoms with Gasteiger partial charge in [-0.05, 0) is 64.2 Å². The van der Waals surface area contributed by atoms with Gasteiger partial charge < -0.3 is 65.1 Å². The first-order valence-electron chi connectivity index (χ1n) is 34.2. The zero-order valence-electron chi connectivity index (χ0n) is 52.9. The highest BCUT2D eigenvalue weighted by atomic mass is 16.7. The number of unbranched alkanes of at least 4 members (excludes halogenated alkanes) is 32. The molecule has 12 unspecified atom stereocenters. The maximum atomic E-state index is 13.3. The van der Waals surface area contributed by atoms with Gasteiger partial charge in [-0.25, -0.2) is 0 Å². The molecule has 0 radical (unpaired) electrons. The first-order valence-corrected chi connectivity index (χ1v) is 34.2. The number of hydrogen-bond acceptors (Lipinski definition) is 13. The van der Waals surface area contributed by atoms with Gasteiger partial charge in [0, 0.05) is 6.42 Å². The number of ether oxygens (including phenoxy) is 4. The molecule has 0 saturated carbocycles. The van der Waals surface area contributed by atoms with Gasteiger partial charge in [0.15, 0.2) is 12.6 Å². The SMILES string of the molecule is CC/C=C\C/C=C\C/C=C\C/C=C\C/C=C\CCCCCCCCCCCCCCCC(=O)NC(COC1OC(CO)C(OC2OC(CO)C(O)C(O)C2O)C(O)C1O)C(O)/C=C/CCCCCCCCCCCCCCCCCCCCC. The summed E-state index contributed by atoms with van der Waals surface area (Å²) in [6.07, 6.45) is 56.5. The Morgan fingerprint density at radius 2 is 0.821 bits per heavy atom. The van der Waals surface area contributed by atoms with E-state index >= 15 is 0 Å². The topological polar surface area (TPSA) is 228 Å². The third-order valence-electron chi connectivity index (χ3n) is 16.4. The molecule has 84 heavy (non-hydrogen) atoms. The lowest BCUT2D eigenvalue weighted by Gasteiger charge is -2.46. The molecule has 488 valence electrons. The molecule has 2 aliphatic heterocycles. The zero-order valence-corrected chi connectivity index (χ0v) is 52.9. The van der Waals surface area contributed by atoms with Gasteiger partial charge in [0.2, 0.25) is 5.91 Å². The molecule has 2 heterocycles. The molecule has 2 aliphatic rings. The molecular formula is C70H125NO13. The Kier molecular flexibility index (Phi) is 50.4. The van der Waals surface area contributed by atoms with E-state index in [1.54, 1.807) is 6.08 Å². The van der Waals surface area contributed by atoms with Crippen LogP contribution in [0.2, 0.25) is 0 Å². The third-order valence-corrected chi connectivity index (χ3v) is 16.4. The van der Waals surface area contributed by atoms with Crippen molar-refractivity contribution in [1.82, 2.24) is 5.32 Å². The molecule has 12 atom stereocenters. The Labute approximate surface area is 510 Å².